The summed E-state index contributed by atoms with van der Waals surface area (Å²) in [5, 5.41) is 22.6. The van der Waals surface area contributed by atoms with Crippen LogP contribution in [0.5, 0.6) is 5.75 Å². The van der Waals surface area contributed by atoms with Crippen LogP contribution < -0.4 is 47.3 Å². The molecule has 0 radical (unpaired) electrons. The van der Waals surface area contributed by atoms with Crippen molar-refractivity contribution in [3.8, 4) is 5.75 Å². The third kappa shape index (κ3) is 22.1. The van der Waals surface area contributed by atoms with Gasteiger partial charge in [0.25, 0.3) is 0 Å². The smallest absolute Gasteiger partial charge is 0.421 e. The van der Waals surface area contributed by atoms with Crippen molar-refractivity contribution in [2.24, 2.45) is 0 Å². The number of unbranched alkanes of at least 4 members (excludes halogenated alkanes) is 1. The Morgan fingerprint density at radius 3 is 2.03 bits per heavy atom. The molecule has 6 amide bonds. The molecule has 5 rings (SSSR count). The van der Waals surface area contributed by atoms with Gasteiger partial charge in [0.1, 0.15) is 18.0 Å². The van der Waals surface area contributed by atoms with E-state index in [-0.39, 0.29) is 98.1 Å². The topological polar surface area (TPSA) is 254 Å². The number of nitrogens with zero attached hydrogens (tertiary/aromatic N) is 2. The number of thioether (sulfide) groups is 1. The minimum absolute atomic E-state index is 0.0160. The lowest BCUT2D eigenvalue weighted by Crippen LogP contribution is -2.36. The molecule has 406 valence electrons. The zero-order valence-corrected chi connectivity index (χ0v) is 41.9. The van der Waals surface area contributed by atoms with E-state index in [0.29, 0.717) is 95.5 Å². The van der Waals surface area contributed by atoms with Crippen LogP contribution in [0.1, 0.15) is 63.4 Å². The number of nitrogens with one attached hydrogen (secondary N) is 8. The van der Waals surface area contributed by atoms with Gasteiger partial charge >= 0.3 is 12.2 Å². The van der Waals surface area contributed by atoms with Crippen LogP contribution in [0, 0.1) is 5.82 Å². The number of rotatable bonds is 36. The first-order chi connectivity index (χ1) is 35.8. The Morgan fingerprint density at radius 1 is 0.730 bits per heavy atom. The maximum atomic E-state index is 14.9. The summed E-state index contributed by atoms with van der Waals surface area (Å²) in [6.07, 6.45) is 2.16. The van der Waals surface area contributed by atoms with Gasteiger partial charge in [0, 0.05) is 92.4 Å². The quantitative estimate of drug-likeness (QED) is 0.0150. The van der Waals surface area contributed by atoms with Gasteiger partial charge in [0.15, 0.2) is 11.6 Å². The van der Waals surface area contributed by atoms with E-state index < -0.39 is 29.3 Å². The minimum Gasteiger partial charge on any atom is -0.488 e. The number of ether oxygens (including phenoxy) is 5. The molecular formula is C49H66F4N10O10S. The molecule has 74 heavy (non-hydrogen) atoms. The number of urea groups is 1. The number of alkyl halides is 3. The Balaban J connectivity index is 0.790. The summed E-state index contributed by atoms with van der Waals surface area (Å²) in [4.78, 5) is 67.3. The van der Waals surface area contributed by atoms with Crippen molar-refractivity contribution in [1.29, 1.82) is 0 Å². The number of carbonyl (C=O) groups is 5. The summed E-state index contributed by atoms with van der Waals surface area (Å²) in [7, 11) is 0. The number of halogens is 4. The zero-order chi connectivity index (χ0) is 53.0. The SMILES string of the molecule is C=CC(=O)Nc1cccc(Nc2nc(Nc3ccc(OCCOCCNC(=O)CCCC(=O)NCCCOCCOCCOCCCNC(=O)CCCC[C@@H]4SC[C@@H]5NC(=O)N[C@@H]54)c(F)c3)ncc2C(F)(F)F)c1. The lowest BCUT2D eigenvalue weighted by molar-refractivity contribution is -0.137. The van der Waals surface area contributed by atoms with Crippen molar-refractivity contribution in [2.45, 2.75) is 81.3 Å². The van der Waals surface area contributed by atoms with E-state index in [9.17, 15) is 41.5 Å². The molecule has 1 aromatic heterocycles. The number of carbonyl (C=O) groups excluding carboxylic acids is 5. The number of hydrogen-bond donors (Lipinski definition) is 8. The first-order valence-electron chi connectivity index (χ1n) is 24.5. The Labute approximate surface area is 431 Å². The molecule has 2 fully saturated rings. The van der Waals surface area contributed by atoms with Gasteiger partial charge in [-0.1, -0.05) is 19.1 Å². The lowest BCUT2D eigenvalue weighted by atomic mass is 10.0. The van der Waals surface area contributed by atoms with Gasteiger partial charge < -0.3 is 66.2 Å². The van der Waals surface area contributed by atoms with Gasteiger partial charge in [-0.15, -0.1) is 0 Å². The monoisotopic (exact) mass is 1060 g/mol. The zero-order valence-electron chi connectivity index (χ0n) is 41.1. The molecule has 3 heterocycles. The first kappa shape index (κ1) is 58.6. The average Bonchev–Trinajstić information content (AvgIpc) is 3.92. The first-order valence-corrected chi connectivity index (χ1v) is 25.6. The van der Waals surface area contributed by atoms with E-state index in [0.717, 1.165) is 37.2 Å². The molecule has 8 N–H and O–H groups in total. The Hall–Kier alpha value is -6.28. The van der Waals surface area contributed by atoms with Crippen LogP contribution in [0.15, 0.2) is 61.3 Å². The lowest BCUT2D eigenvalue weighted by Gasteiger charge is -2.16. The molecule has 2 saturated heterocycles. The number of fused-ring (bicyclic) bond motifs is 1. The summed E-state index contributed by atoms with van der Waals surface area (Å²) in [6.45, 7) is 7.49. The molecule has 0 spiro atoms. The Morgan fingerprint density at radius 2 is 1.35 bits per heavy atom. The van der Waals surface area contributed by atoms with Crippen LogP contribution in [-0.4, -0.2) is 142 Å². The molecule has 0 unspecified atom stereocenters. The molecular weight excluding hydrogens is 997 g/mol. The standard InChI is InChI=1S/C49H66F4N10O10S/c1-2-41(64)58-33-9-5-10-34(29-33)59-46-36(49(51,52)53)31-57-47(63-46)60-35-15-16-39(37(50)30-35)73-28-27-71-22-19-56-44(67)14-6-13-43(66)55-18-8-21-70-24-26-72-25-23-69-20-7-17-54-42(65)12-4-3-11-40-45-38(32-74-40)61-48(68)62-45/h2,5,9-10,15-16,29-31,38,40,45H,1,3-4,6-8,11-14,17-28,32H2,(H,54,65)(H,55,66)(H,56,67)(H,58,64)(H2,61,62,68)(H2,57,59,60,63)/t38-,40-,45-/m0/s1. The van der Waals surface area contributed by atoms with Crippen molar-refractivity contribution < 1.29 is 65.2 Å². The fraction of sp³-hybridized carbons (Fsp3) is 0.531. The van der Waals surface area contributed by atoms with Gasteiger partial charge in [-0.25, -0.2) is 14.2 Å². The summed E-state index contributed by atoms with van der Waals surface area (Å²) >= 11 is 1.88. The van der Waals surface area contributed by atoms with Crippen LogP contribution in [0.3, 0.4) is 0 Å². The molecule has 0 saturated carbocycles. The third-order valence-corrected chi connectivity index (χ3v) is 12.6. The van der Waals surface area contributed by atoms with Crippen molar-refractivity contribution >= 4 is 70.3 Å². The predicted octanol–water partition coefficient (Wildman–Crippen LogP) is 5.72. The number of amides is 6. The number of benzene rings is 2. The Kier molecular flexibility index (Phi) is 25.4. The predicted molar refractivity (Wildman–Crippen MR) is 270 cm³/mol. The van der Waals surface area contributed by atoms with Gasteiger partial charge in [-0.05, 0) is 68.5 Å². The molecule has 2 aliphatic rings. The number of anilines is 5. The fourth-order valence-electron chi connectivity index (χ4n) is 7.44. The maximum absolute atomic E-state index is 14.9. The van der Waals surface area contributed by atoms with E-state index in [2.05, 4.69) is 59.1 Å². The molecule has 0 aliphatic carbocycles. The second-order valence-electron chi connectivity index (χ2n) is 16.9. The van der Waals surface area contributed by atoms with Gasteiger partial charge in [-0.2, -0.15) is 29.9 Å². The van der Waals surface area contributed by atoms with E-state index >= 15 is 0 Å². The molecule has 3 aromatic rings. The molecule has 0 bridgehead atoms. The highest BCUT2D eigenvalue weighted by Gasteiger charge is 2.42. The highest BCUT2D eigenvalue weighted by atomic mass is 32.2. The van der Waals surface area contributed by atoms with E-state index in [1.165, 1.54) is 30.3 Å². The highest BCUT2D eigenvalue weighted by Crippen LogP contribution is 2.36. The van der Waals surface area contributed by atoms with E-state index in [1.54, 1.807) is 6.07 Å². The Bertz CT molecular complexity index is 2290. The van der Waals surface area contributed by atoms with Crippen molar-refractivity contribution in [2.75, 3.05) is 101 Å². The summed E-state index contributed by atoms with van der Waals surface area (Å²) in [5.41, 5.74) is -0.524. The summed E-state index contributed by atoms with van der Waals surface area (Å²) in [6, 6.07) is 10.1. The maximum Gasteiger partial charge on any atom is 0.421 e. The van der Waals surface area contributed by atoms with Crippen molar-refractivity contribution in [1.82, 2.24) is 36.6 Å². The average molecular weight is 1060 g/mol. The van der Waals surface area contributed by atoms with Crippen molar-refractivity contribution in [3.63, 3.8) is 0 Å². The van der Waals surface area contributed by atoms with E-state index in [1.807, 2.05) is 11.8 Å². The number of hydrogen-bond acceptors (Lipinski definition) is 15. The van der Waals surface area contributed by atoms with Crippen LogP contribution in [-0.2, 0) is 44.3 Å². The van der Waals surface area contributed by atoms with Gasteiger partial charge in [-0.3, -0.25) is 19.2 Å². The van der Waals surface area contributed by atoms with Crippen LogP contribution >= 0.6 is 11.8 Å². The summed E-state index contributed by atoms with van der Waals surface area (Å²) < 4.78 is 83.8. The van der Waals surface area contributed by atoms with Crippen LogP contribution in [0.2, 0.25) is 0 Å². The molecule has 20 nitrogen and oxygen atoms in total. The van der Waals surface area contributed by atoms with Crippen LogP contribution in [0.25, 0.3) is 0 Å². The molecule has 25 heteroatoms. The highest BCUT2D eigenvalue weighted by molar-refractivity contribution is 8.00. The fourth-order valence-corrected chi connectivity index (χ4v) is 8.99. The third-order valence-electron chi connectivity index (χ3n) is 11.1. The molecule has 3 atom stereocenters. The molecule has 2 aliphatic heterocycles. The second kappa shape index (κ2) is 32.1. The molecule has 2 aromatic carbocycles. The van der Waals surface area contributed by atoms with Gasteiger partial charge in [0.2, 0.25) is 29.6 Å². The minimum atomic E-state index is -4.80. The second-order valence-corrected chi connectivity index (χ2v) is 18.2. The van der Waals surface area contributed by atoms with Gasteiger partial charge in [0.05, 0.1) is 51.7 Å². The largest absolute Gasteiger partial charge is 0.488 e. The summed E-state index contributed by atoms with van der Waals surface area (Å²) in [5.74, 6) is -1.63. The number of aromatic nitrogens is 2. The van der Waals surface area contributed by atoms with E-state index in [4.69, 9.17) is 23.7 Å². The van der Waals surface area contributed by atoms with Crippen molar-refractivity contribution in [3.05, 3.63) is 72.7 Å². The van der Waals surface area contributed by atoms with Crippen LogP contribution in [0.4, 0.5) is 51.2 Å². The normalized spacial score (nSPS) is 15.8.